The van der Waals surface area contributed by atoms with Crippen LogP contribution in [0.1, 0.15) is 58.1 Å². The Morgan fingerprint density at radius 3 is 2.26 bits per heavy atom. The average molecular weight is 645 g/mol. The summed E-state index contributed by atoms with van der Waals surface area (Å²) in [5, 5.41) is 5.59. The van der Waals surface area contributed by atoms with Crippen LogP contribution in [0.2, 0.25) is 0 Å². The van der Waals surface area contributed by atoms with Gasteiger partial charge in [-0.2, -0.15) is 35.5 Å². The molecule has 2 radical (unpaired) electrons. The summed E-state index contributed by atoms with van der Waals surface area (Å²) < 4.78 is 0. The van der Waals surface area contributed by atoms with Gasteiger partial charge in [0.1, 0.15) is 0 Å². The predicted octanol–water partition coefficient (Wildman–Crippen LogP) is 9.54. The molecular formula is C35H34Cl2SiZr. The molecule has 0 spiro atoms. The van der Waals surface area contributed by atoms with E-state index in [2.05, 4.69) is 132 Å². The number of hydrogen-bond acceptors (Lipinski definition) is 0. The van der Waals surface area contributed by atoms with E-state index >= 15 is 0 Å². The van der Waals surface area contributed by atoms with Crippen molar-refractivity contribution in [3.63, 3.8) is 0 Å². The Kier molecular flexibility index (Phi) is 10.6. The van der Waals surface area contributed by atoms with E-state index in [1.807, 2.05) is 6.07 Å². The Labute approximate surface area is 255 Å². The molecule has 0 N–H and O–H groups in total. The van der Waals surface area contributed by atoms with Crippen molar-refractivity contribution in [2.24, 2.45) is 0 Å². The van der Waals surface area contributed by atoms with Gasteiger partial charge in [0.15, 0.2) is 0 Å². The summed E-state index contributed by atoms with van der Waals surface area (Å²) in [6.45, 7) is 11.5. The molecule has 5 aromatic carbocycles. The van der Waals surface area contributed by atoms with Crippen molar-refractivity contribution in [1.82, 2.24) is 0 Å². The largest absolute Gasteiger partial charge is 0.184 e. The molecule has 1 unspecified atom stereocenters. The SMILES string of the molecule is CCC(C)c1ccc2[cH-]c(C(C)(C)C)cc2c1-c1ccccc1.[Cl][Zr+2][Cl].[c-]1cccc2c1[Si]c1ccccc1-2. The zero-order chi connectivity index (χ0) is 28.0. The van der Waals surface area contributed by atoms with E-state index in [0.29, 0.717) is 5.92 Å². The quantitative estimate of drug-likeness (QED) is 0.133. The topological polar surface area (TPSA) is 0 Å². The predicted molar refractivity (Wildman–Crippen MR) is 170 cm³/mol. The second-order valence-electron chi connectivity index (χ2n) is 10.9. The van der Waals surface area contributed by atoms with E-state index in [1.165, 1.54) is 54.5 Å². The third-order valence-electron chi connectivity index (χ3n) is 7.33. The van der Waals surface area contributed by atoms with Gasteiger partial charge in [-0.05, 0) is 23.3 Å². The molecule has 1 atom stereocenters. The van der Waals surface area contributed by atoms with Crippen molar-refractivity contribution in [3.8, 4) is 22.3 Å². The fourth-order valence-electron chi connectivity index (χ4n) is 5.02. The maximum atomic E-state index is 4.93. The van der Waals surface area contributed by atoms with Gasteiger partial charge in [-0.25, -0.2) is 0 Å². The van der Waals surface area contributed by atoms with Crippen molar-refractivity contribution in [1.29, 1.82) is 0 Å². The van der Waals surface area contributed by atoms with Gasteiger partial charge in [-0.1, -0.05) is 111 Å². The van der Waals surface area contributed by atoms with Gasteiger partial charge < -0.3 is 0 Å². The third-order valence-corrected chi connectivity index (χ3v) is 8.70. The van der Waals surface area contributed by atoms with Gasteiger partial charge >= 0.3 is 37.9 Å². The molecule has 0 nitrogen and oxygen atoms in total. The first kappa shape index (κ1) is 30.1. The van der Waals surface area contributed by atoms with Gasteiger partial charge in [0.05, 0.1) is 9.52 Å². The number of hydrogen-bond donors (Lipinski definition) is 0. The standard InChI is InChI=1S/C23H27.C12H7Si.2ClH.Zr/c1-6-16(2)20-13-12-18-14-19(23(3,4)5)15-21(18)22(20)17-10-8-7-9-11-17;1-3-7-11-9(5-1)10-6-2-4-8-12(10)13-11;;;/h7-16H,6H2,1-5H3;1-7H;2*1H;/q2*-1;;;+4/p-2. The van der Waals surface area contributed by atoms with Crippen LogP contribution in [-0.4, -0.2) is 9.52 Å². The molecule has 0 fully saturated rings. The zero-order valence-electron chi connectivity index (χ0n) is 23.3. The summed E-state index contributed by atoms with van der Waals surface area (Å²) >= 11 is -0.826. The normalized spacial score (nSPS) is 12.3. The first-order valence-electron chi connectivity index (χ1n) is 13.4. The molecule has 0 aromatic heterocycles. The Bertz CT molecular complexity index is 1470. The van der Waals surface area contributed by atoms with Crippen molar-refractivity contribution in [3.05, 3.63) is 114 Å². The molecule has 39 heavy (non-hydrogen) atoms. The first-order valence-corrected chi connectivity index (χ1v) is 20.7. The Balaban J connectivity index is 0.000000184. The average Bonchev–Trinajstić information content (AvgIpc) is 3.55. The molecular weight excluding hydrogens is 611 g/mol. The molecule has 0 aliphatic carbocycles. The smallest absolute Gasteiger partial charge is 0.0920 e. The maximum absolute atomic E-state index is 4.93. The molecule has 0 amide bonds. The summed E-state index contributed by atoms with van der Waals surface area (Å²) in [7, 11) is 10.7. The molecule has 0 bridgehead atoms. The minimum absolute atomic E-state index is 0.184. The van der Waals surface area contributed by atoms with Crippen molar-refractivity contribution < 1.29 is 20.8 Å². The fourth-order valence-corrected chi connectivity index (χ4v) is 6.33. The van der Waals surface area contributed by atoms with Crippen LogP contribution >= 0.6 is 17.0 Å². The van der Waals surface area contributed by atoms with Crippen LogP contribution in [0.3, 0.4) is 0 Å². The van der Waals surface area contributed by atoms with Gasteiger partial charge in [-0.15, -0.1) is 40.1 Å². The molecule has 1 aliphatic rings. The van der Waals surface area contributed by atoms with Crippen LogP contribution in [-0.2, 0) is 26.3 Å². The third kappa shape index (κ3) is 7.09. The van der Waals surface area contributed by atoms with Crippen LogP contribution < -0.4 is 10.4 Å². The number of fused-ring (bicyclic) bond motifs is 4. The summed E-state index contributed by atoms with van der Waals surface area (Å²) in [5.74, 6) is 0.572. The molecule has 196 valence electrons. The van der Waals surface area contributed by atoms with Crippen molar-refractivity contribution in [2.75, 3.05) is 0 Å². The van der Waals surface area contributed by atoms with Crippen LogP contribution in [0, 0.1) is 6.07 Å². The van der Waals surface area contributed by atoms with E-state index in [9.17, 15) is 0 Å². The molecule has 1 aliphatic heterocycles. The summed E-state index contributed by atoms with van der Waals surface area (Å²) in [6.07, 6.45) is 1.16. The second kappa shape index (κ2) is 13.7. The van der Waals surface area contributed by atoms with E-state index in [0.717, 1.165) is 15.9 Å². The second-order valence-corrected chi connectivity index (χ2v) is 15.9. The van der Waals surface area contributed by atoms with Crippen LogP contribution in [0.25, 0.3) is 33.0 Å². The summed E-state index contributed by atoms with van der Waals surface area (Å²) in [4.78, 5) is 0. The van der Waals surface area contributed by atoms with Gasteiger partial charge in [-0.3, -0.25) is 0 Å². The van der Waals surface area contributed by atoms with E-state index in [4.69, 9.17) is 17.0 Å². The van der Waals surface area contributed by atoms with Crippen LogP contribution in [0.15, 0.2) is 97.1 Å². The van der Waals surface area contributed by atoms with Crippen molar-refractivity contribution in [2.45, 2.75) is 52.4 Å². The Morgan fingerprint density at radius 2 is 1.56 bits per heavy atom. The van der Waals surface area contributed by atoms with Crippen LogP contribution in [0.5, 0.6) is 0 Å². The number of rotatable bonds is 3. The number of benzene rings is 4. The van der Waals surface area contributed by atoms with E-state index < -0.39 is 20.8 Å². The van der Waals surface area contributed by atoms with E-state index in [1.54, 1.807) is 0 Å². The summed E-state index contributed by atoms with van der Waals surface area (Å²) in [6, 6.07) is 38.4. The fraction of sp³-hybridized carbons (Fsp3) is 0.229. The zero-order valence-corrected chi connectivity index (χ0v) is 28.2. The molecule has 4 heteroatoms. The minimum atomic E-state index is -0.826. The van der Waals surface area contributed by atoms with E-state index in [-0.39, 0.29) is 5.41 Å². The molecule has 0 saturated heterocycles. The molecule has 5 aromatic rings. The first-order chi connectivity index (χ1) is 18.8. The van der Waals surface area contributed by atoms with Gasteiger partial charge in [0.2, 0.25) is 0 Å². The summed E-state index contributed by atoms with van der Waals surface area (Å²) in [5.41, 5.74) is 8.60. The van der Waals surface area contributed by atoms with Crippen LogP contribution in [0.4, 0.5) is 0 Å². The molecule has 6 rings (SSSR count). The molecule has 0 saturated carbocycles. The minimum Gasteiger partial charge on any atom is -0.184 e. The van der Waals surface area contributed by atoms with Gasteiger partial charge in [0.25, 0.3) is 0 Å². The maximum Gasteiger partial charge on any atom is 0.0920 e. The molecule has 1 heterocycles. The Morgan fingerprint density at radius 1 is 0.897 bits per heavy atom. The monoisotopic (exact) mass is 642 g/mol. The number of halogens is 2. The van der Waals surface area contributed by atoms with Gasteiger partial charge in [0, 0.05) is 0 Å². The Hall–Kier alpha value is -1.83. The van der Waals surface area contributed by atoms with Crippen molar-refractivity contribution >= 4 is 47.7 Å².